The number of aromatic hydroxyl groups is 2. The molecule has 0 atom stereocenters. The molecule has 0 radical (unpaired) electrons. The van der Waals surface area contributed by atoms with E-state index in [2.05, 4.69) is 0 Å². The maximum absolute atomic E-state index is 11.7. The van der Waals surface area contributed by atoms with Crippen LogP contribution in [0.5, 0.6) is 11.5 Å². The molecule has 23 heavy (non-hydrogen) atoms. The maximum Gasteiger partial charge on any atom is 0.336 e. The fourth-order valence-electron chi connectivity index (χ4n) is 2.63. The Labute approximate surface area is 133 Å². The highest BCUT2D eigenvalue weighted by molar-refractivity contribution is 5.81. The number of phenolic OH excluding ortho intramolecular Hbond substituents is 2. The summed E-state index contributed by atoms with van der Waals surface area (Å²) >= 11 is 0. The molecule has 3 aromatic rings. The molecule has 0 fully saturated rings. The second-order valence-corrected chi connectivity index (χ2v) is 5.57. The van der Waals surface area contributed by atoms with Gasteiger partial charge in [0, 0.05) is 36.2 Å². The molecule has 118 valence electrons. The number of para-hydroxylation sites is 1. The fourth-order valence-corrected chi connectivity index (χ4v) is 2.63. The van der Waals surface area contributed by atoms with Crippen LogP contribution in [0.15, 0.2) is 57.7 Å². The molecule has 3 rings (SSSR count). The van der Waals surface area contributed by atoms with Crippen LogP contribution in [0.1, 0.15) is 11.1 Å². The van der Waals surface area contributed by atoms with Gasteiger partial charge in [0.15, 0.2) is 0 Å². The molecule has 0 aliphatic heterocycles. The van der Waals surface area contributed by atoms with Crippen molar-refractivity contribution in [3.63, 3.8) is 0 Å². The van der Waals surface area contributed by atoms with Gasteiger partial charge in [-0.3, -0.25) is 4.90 Å². The summed E-state index contributed by atoms with van der Waals surface area (Å²) in [5.41, 5.74) is 1.55. The summed E-state index contributed by atoms with van der Waals surface area (Å²) < 4.78 is 5.13. The summed E-state index contributed by atoms with van der Waals surface area (Å²) in [7, 11) is 1.91. The molecule has 0 unspecified atom stereocenters. The van der Waals surface area contributed by atoms with Gasteiger partial charge in [-0.25, -0.2) is 4.79 Å². The first kappa shape index (κ1) is 15.1. The third-order valence-corrected chi connectivity index (χ3v) is 3.69. The van der Waals surface area contributed by atoms with Crippen molar-refractivity contribution < 1.29 is 14.6 Å². The minimum Gasteiger partial charge on any atom is -0.508 e. The van der Waals surface area contributed by atoms with Crippen molar-refractivity contribution in [1.29, 1.82) is 0 Å². The Kier molecular flexibility index (Phi) is 4.04. The average Bonchev–Trinajstić information content (AvgIpc) is 2.49. The molecule has 1 heterocycles. The molecule has 5 nitrogen and oxygen atoms in total. The largest absolute Gasteiger partial charge is 0.508 e. The van der Waals surface area contributed by atoms with Gasteiger partial charge in [-0.05, 0) is 30.8 Å². The molecule has 0 aliphatic rings. The summed E-state index contributed by atoms with van der Waals surface area (Å²) in [5, 5.41) is 20.2. The van der Waals surface area contributed by atoms with Gasteiger partial charge in [-0.15, -0.1) is 0 Å². The van der Waals surface area contributed by atoms with Crippen LogP contribution in [0.2, 0.25) is 0 Å². The monoisotopic (exact) mass is 311 g/mol. The van der Waals surface area contributed by atoms with Crippen LogP contribution in [0.4, 0.5) is 0 Å². The Morgan fingerprint density at radius 2 is 1.74 bits per heavy atom. The second kappa shape index (κ2) is 6.14. The molecular weight excluding hydrogens is 294 g/mol. The molecule has 1 aromatic heterocycles. The maximum atomic E-state index is 11.7. The SMILES string of the molecule is CN(Cc1ccccc1O)Cc1cc(=O)oc2cc(O)ccc12. The molecule has 2 aromatic carbocycles. The highest BCUT2D eigenvalue weighted by Gasteiger charge is 2.10. The highest BCUT2D eigenvalue weighted by atomic mass is 16.4. The van der Waals surface area contributed by atoms with Crippen LogP contribution in [0.25, 0.3) is 11.0 Å². The topological polar surface area (TPSA) is 73.9 Å². The summed E-state index contributed by atoms with van der Waals surface area (Å²) in [6, 6.07) is 13.4. The van der Waals surface area contributed by atoms with Crippen molar-refractivity contribution >= 4 is 11.0 Å². The fraction of sp³-hybridized carbons (Fsp3) is 0.167. The lowest BCUT2D eigenvalue weighted by Gasteiger charge is -2.18. The quantitative estimate of drug-likeness (QED) is 0.725. The smallest absolute Gasteiger partial charge is 0.336 e. The zero-order valence-electron chi connectivity index (χ0n) is 12.7. The zero-order chi connectivity index (χ0) is 16.4. The van der Waals surface area contributed by atoms with Crippen LogP contribution >= 0.6 is 0 Å². The van der Waals surface area contributed by atoms with E-state index in [1.807, 2.05) is 24.1 Å². The molecule has 0 spiro atoms. The van der Waals surface area contributed by atoms with Gasteiger partial charge in [0.05, 0.1) is 0 Å². The third-order valence-electron chi connectivity index (χ3n) is 3.69. The van der Waals surface area contributed by atoms with Gasteiger partial charge in [0.1, 0.15) is 17.1 Å². The second-order valence-electron chi connectivity index (χ2n) is 5.57. The number of nitrogens with zero attached hydrogens (tertiary/aromatic N) is 1. The van der Waals surface area contributed by atoms with E-state index in [9.17, 15) is 15.0 Å². The standard InChI is InChI=1S/C18H17NO4/c1-19(10-12-4-2-3-5-16(12)21)11-13-8-18(22)23-17-9-14(20)6-7-15(13)17/h2-9,20-21H,10-11H2,1H3. The lowest BCUT2D eigenvalue weighted by molar-refractivity contribution is 0.313. The van der Waals surface area contributed by atoms with Crippen molar-refractivity contribution in [3.8, 4) is 11.5 Å². The van der Waals surface area contributed by atoms with Crippen molar-refractivity contribution in [3.05, 3.63) is 70.1 Å². The average molecular weight is 311 g/mol. The molecule has 0 bridgehead atoms. The van der Waals surface area contributed by atoms with E-state index in [1.54, 1.807) is 24.3 Å². The summed E-state index contributed by atoms with van der Waals surface area (Å²) in [6.45, 7) is 1.06. The van der Waals surface area contributed by atoms with Crippen LogP contribution < -0.4 is 5.63 Å². The normalized spacial score (nSPS) is 11.2. The van der Waals surface area contributed by atoms with Crippen LogP contribution in [-0.2, 0) is 13.1 Å². The predicted molar refractivity (Wildman–Crippen MR) is 87.4 cm³/mol. The van der Waals surface area contributed by atoms with Crippen LogP contribution in [0.3, 0.4) is 0 Å². The van der Waals surface area contributed by atoms with Crippen molar-refractivity contribution in [2.24, 2.45) is 0 Å². The van der Waals surface area contributed by atoms with Crippen molar-refractivity contribution in [1.82, 2.24) is 4.90 Å². The summed E-state index contributed by atoms with van der Waals surface area (Å²) in [5.74, 6) is 0.307. The van der Waals surface area contributed by atoms with Crippen molar-refractivity contribution in [2.45, 2.75) is 13.1 Å². The van der Waals surface area contributed by atoms with E-state index >= 15 is 0 Å². The Morgan fingerprint density at radius 3 is 2.52 bits per heavy atom. The van der Waals surface area contributed by atoms with Gasteiger partial charge in [0.25, 0.3) is 0 Å². The highest BCUT2D eigenvalue weighted by Crippen LogP contribution is 2.23. The zero-order valence-corrected chi connectivity index (χ0v) is 12.7. The number of benzene rings is 2. The first-order chi connectivity index (χ1) is 11.0. The van der Waals surface area contributed by atoms with E-state index in [1.165, 1.54) is 12.1 Å². The Hall–Kier alpha value is -2.79. The molecule has 0 saturated heterocycles. The molecule has 0 amide bonds. The first-order valence-corrected chi connectivity index (χ1v) is 7.24. The summed E-state index contributed by atoms with van der Waals surface area (Å²) in [4.78, 5) is 13.7. The van der Waals surface area contributed by atoms with E-state index in [0.29, 0.717) is 18.7 Å². The van der Waals surface area contributed by atoms with Gasteiger partial charge >= 0.3 is 5.63 Å². The Morgan fingerprint density at radius 1 is 1.00 bits per heavy atom. The molecule has 0 aliphatic carbocycles. The predicted octanol–water partition coefficient (Wildman–Crippen LogP) is 2.84. The third kappa shape index (κ3) is 3.35. The minimum atomic E-state index is -0.450. The Balaban J connectivity index is 1.89. The van der Waals surface area contributed by atoms with E-state index < -0.39 is 5.63 Å². The van der Waals surface area contributed by atoms with Gasteiger partial charge < -0.3 is 14.6 Å². The van der Waals surface area contributed by atoms with Crippen LogP contribution in [-0.4, -0.2) is 22.2 Å². The number of hydrogen-bond donors (Lipinski definition) is 2. The van der Waals surface area contributed by atoms with Crippen molar-refractivity contribution in [2.75, 3.05) is 7.05 Å². The number of hydrogen-bond acceptors (Lipinski definition) is 5. The lowest BCUT2D eigenvalue weighted by atomic mass is 10.1. The van der Waals surface area contributed by atoms with E-state index in [4.69, 9.17) is 4.42 Å². The van der Waals surface area contributed by atoms with E-state index in [-0.39, 0.29) is 11.5 Å². The Bertz CT molecular complexity index is 901. The molecular formula is C18H17NO4. The minimum absolute atomic E-state index is 0.0559. The number of fused-ring (bicyclic) bond motifs is 1. The van der Waals surface area contributed by atoms with Crippen LogP contribution in [0, 0.1) is 0 Å². The van der Waals surface area contributed by atoms with E-state index in [0.717, 1.165) is 16.5 Å². The van der Waals surface area contributed by atoms with Gasteiger partial charge in [-0.1, -0.05) is 18.2 Å². The number of phenols is 2. The molecule has 2 N–H and O–H groups in total. The lowest BCUT2D eigenvalue weighted by Crippen LogP contribution is -2.18. The number of rotatable bonds is 4. The van der Waals surface area contributed by atoms with Gasteiger partial charge in [0.2, 0.25) is 0 Å². The summed E-state index contributed by atoms with van der Waals surface area (Å²) in [6.07, 6.45) is 0. The van der Waals surface area contributed by atoms with Gasteiger partial charge in [-0.2, -0.15) is 0 Å². The first-order valence-electron chi connectivity index (χ1n) is 7.24. The molecule has 0 saturated carbocycles. The molecule has 5 heteroatoms.